The molecule has 5 aliphatic rings. The monoisotopic (exact) mass is 540 g/mol. The number of hydrogen-bond donors (Lipinski definition) is 2. The number of nitrogens with two attached hydrogens (primary N) is 2. The third-order valence-electron chi connectivity index (χ3n) is 11.3. The quantitative estimate of drug-likeness (QED) is 0.271. The van der Waals surface area contributed by atoms with Crippen LogP contribution in [0.2, 0.25) is 0 Å². The largest absolute Gasteiger partial charge is 0.405 e. The molecule has 2 nitrogen and oxygen atoms in total. The highest BCUT2D eigenvalue weighted by atomic mass is 14.5. The van der Waals surface area contributed by atoms with Crippen LogP contribution in [0.1, 0.15) is 103 Å². The minimum Gasteiger partial charge on any atom is -0.405 e. The fourth-order valence-corrected chi connectivity index (χ4v) is 9.24. The van der Waals surface area contributed by atoms with Crippen LogP contribution in [-0.4, -0.2) is 6.54 Å². The molecule has 0 heterocycles. The fraction of sp³-hybridized carbons (Fsp3) is 0.632. The first-order valence-corrected chi connectivity index (χ1v) is 16.9. The molecule has 5 atom stereocenters. The van der Waals surface area contributed by atoms with E-state index in [1.165, 1.54) is 88.2 Å². The minimum atomic E-state index is 0.662. The van der Waals surface area contributed by atoms with Crippen LogP contribution in [0.5, 0.6) is 0 Å². The van der Waals surface area contributed by atoms with E-state index in [0.717, 1.165) is 54.8 Å². The summed E-state index contributed by atoms with van der Waals surface area (Å²) in [6, 6.07) is 0. The molecule has 2 heteroatoms. The van der Waals surface area contributed by atoms with Gasteiger partial charge in [-0.1, -0.05) is 72.8 Å². The highest BCUT2D eigenvalue weighted by Crippen LogP contribution is 2.54. The Hall–Kier alpha value is -2.06. The van der Waals surface area contributed by atoms with Gasteiger partial charge in [0.15, 0.2) is 0 Å². The van der Waals surface area contributed by atoms with Crippen molar-refractivity contribution >= 4 is 0 Å². The fourth-order valence-electron chi connectivity index (χ4n) is 9.24. The van der Waals surface area contributed by atoms with Gasteiger partial charge in [0.1, 0.15) is 0 Å². The Morgan fingerprint density at radius 2 is 1.65 bits per heavy atom. The molecule has 0 aromatic heterocycles. The van der Waals surface area contributed by atoms with Crippen LogP contribution in [-0.2, 0) is 0 Å². The standard InChI is InChI=1S/C38H56N2/c1-2-28(25-26-39)11-10-14-32(27-40)29-19-21-31(22-20-29)34-23-24-38(37-18-9-8-17-36(34)37)35-16-7-6-15-33(35)30-12-4-3-5-13-30/h4,8-9,12-13,15,17-18,25,27,29,31,34-38H,2-3,5-7,10-11,14,16,19-24,26,39-40H2,1H3/b28-25+,32-27+. The van der Waals surface area contributed by atoms with E-state index in [1.807, 2.05) is 6.20 Å². The smallest absolute Gasteiger partial charge is 0.0109 e. The lowest BCUT2D eigenvalue weighted by Gasteiger charge is -2.49. The van der Waals surface area contributed by atoms with Crippen LogP contribution in [0.15, 0.2) is 83.2 Å². The van der Waals surface area contributed by atoms with Gasteiger partial charge in [0, 0.05) is 6.54 Å². The van der Waals surface area contributed by atoms with Gasteiger partial charge in [-0.15, -0.1) is 0 Å². The van der Waals surface area contributed by atoms with Gasteiger partial charge in [0.2, 0.25) is 0 Å². The second-order valence-electron chi connectivity index (χ2n) is 13.3. The van der Waals surface area contributed by atoms with E-state index in [1.54, 1.807) is 11.1 Å². The van der Waals surface area contributed by atoms with Gasteiger partial charge in [-0.2, -0.15) is 0 Å². The van der Waals surface area contributed by atoms with Crippen LogP contribution in [0.25, 0.3) is 0 Å². The summed E-state index contributed by atoms with van der Waals surface area (Å²) in [5, 5.41) is 0. The zero-order chi connectivity index (χ0) is 27.7. The lowest BCUT2D eigenvalue weighted by Crippen LogP contribution is -2.41. The predicted octanol–water partition coefficient (Wildman–Crippen LogP) is 9.49. The van der Waals surface area contributed by atoms with Crippen molar-refractivity contribution in [2.75, 3.05) is 6.54 Å². The Bertz CT molecular complexity index is 1040. The molecular formula is C38H56N2. The third-order valence-corrected chi connectivity index (χ3v) is 11.3. The molecule has 0 saturated heterocycles. The molecule has 0 aromatic rings. The first kappa shape index (κ1) is 29.4. The number of rotatable bonds is 10. The molecule has 0 bridgehead atoms. The van der Waals surface area contributed by atoms with Crippen LogP contribution >= 0.6 is 0 Å². The molecule has 218 valence electrons. The van der Waals surface area contributed by atoms with E-state index in [0.29, 0.717) is 12.5 Å². The van der Waals surface area contributed by atoms with Crippen molar-refractivity contribution in [3.05, 3.63) is 83.2 Å². The molecular weight excluding hydrogens is 484 g/mol. The third kappa shape index (κ3) is 6.87. The van der Waals surface area contributed by atoms with E-state index in [-0.39, 0.29) is 0 Å². The van der Waals surface area contributed by atoms with Gasteiger partial charge in [0.05, 0.1) is 0 Å². The average Bonchev–Trinajstić information content (AvgIpc) is 3.02. The molecule has 5 rings (SSSR count). The summed E-state index contributed by atoms with van der Waals surface area (Å²) in [6.07, 6.45) is 43.4. The molecule has 4 N–H and O–H groups in total. The molecule has 0 amide bonds. The van der Waals surface area contributed by atoms with Crippen LogP contribution in [0.3, 0.4) is 0 Å². The SMILES string of the molecule is CC/C(=C\CN)CCC/C(=C\N)C1CCC(C2CCC(C3CCCC=C3C3=CCCC=C3)C3C=CC=CC32)CC1. The van der Waals surface area contributed by atoms with Crippen molar-refractivity contribution in [1.29, 1.82) is 0 Å². The average molecular weight is 541 g/mol. The summed E-state index contributed by atoms with van der Waals surface area (Å²) in [6.45, 7) is 2.91. The molecule has 0 radical (unpaired) electrons. The molecule has 5 aliphatic carbocycles. The first-order valence-electron chi connectivity index (χ1n) is 16.9. The molecule has 40 heavy (non-hydrogen) atoms. The molecule has 2 saturated carbocycles. The lowest BCUT2D eigenvalue weighted by atomic mass is 9.55. The maximum atomic E-state index is 6.20. The van der Waals surface area contributed by atoms with Crippen molar-refractivity contribution in [3.63, 3.8) is 0 Å². The minimum absolute atomic E-state index is 0.662. The predicted molar refractivity (Wildman–Crippen MR) is 172 cm³/mol. The van der Waals surface area contributed by atoms with Gasteiger partial charge in [-0.25, -0.2) is 0 Å². The van der Waals surface area contributed by atoms with E-state index in [4.69, 9.17) is 11.5 Å². The Morgan fingerprint density at radius 1 is 0.875 bits per heavy atom. The molecule has 0 aliphatic heterocycles. The Labute approximate surface area is 245 Å². The van der Waals surface area contributed by atoms with Crippen molar-refractivity contribution < 1.29 is 0 Å². The van der Waals surface area contributed by atoms with Gasteiger partial charge >= 0.3 is 0 Å². The van der Waals surface area contributed by atoms with Gasteiger partial charge < -0.3 is 11.5 Å². The van der Waals surface area contributed by atoms with Crippen molar-refractivity contribution in [2.45, 2.75) is 103 Å². The summed E-state index contributed by atoms with van der Waals surface area (Å²) in [7, 11) is 0. The zero-order valence-corrected chi connectivity index (χ0v) is 25.3. The lowest BCUT2D eigenvalue weighted by molar-refractivity contribution is 0.0606. The van der Waals surface area contributed by atoms with E-state index >= 15 is 0 Å². The number of fused-ring (bicyclic) bond motifs is 1. The first-order chi connectivity index (χ1) is 19.7. The maximum Gasteiger partial charge on any atom is 0.0109 e. The van der Waals surface area contributed by atoms with Gasteiger partial charge in [-0.05, 0) is 155 Å². The highest BCUT2D eigenvalue weighted by molar-refractivity contribution is 5.44. The topological polar surface area (TPSA) is 52.0 Å². The maximum absolute atomic E-state index is 6.20. The summed E-state index contributed by atoms with van der Waals surface area (Å²) in [4.78, 5) is 0. The highest BCUT2D eigenvalue weighted by Gasteiger charge is 2.45. The second kappa shape index (κ2) is 14.7. The van der Waals surface area contributed by atoms with Crippen molar-refractivity contribution in [2.24, 2.45) is 52.9 Å². The van der Waals surface area contributed by atoms with E-state index < -0.39 is 0 Å². The summed E-state index contributed by atoms with van der Waals surface area (Å²) in [5.41, 5.74) is 18.2. The van der Waals surface area contributed by atoms with Crippen LogP contribution in [0.4, 0.5) is 0 Å². The van der Waals surface area contributed by atoms with Gasteiger partial charge in [0.25, 0.3) is 0 Å². The summed E-state index contributed by atoms with van der Waals surface area (Å²) in [5.74, 6) is 5.43. The van der Waals surface area contributed by atoms with Crippen molar-refractivity contribution in [1.82, 2.24) is 0 Å². The summed E-state index contributed by atoms with van der Waals surface area (Å²) < 4.78 is 0. The Kier molecular flexibility index (Phi) is 10.8. The van der Waals surface area contributed by atoms with Gasteiger partial charge in [-0.3, -0.25) is 0 Å². The van der Waals surface area contributed by atoms with Crippen LogP contribution in [0, 0.1) is 41.4 Å². The van der Waals surface area contributed by atoms with E-state index in [2.05, 4.69) is 61.6 Å². The number of hydrogen-bond acceptors (Lipinski definition) is 2. The van der Waals surface area contributed by atoms with E-state index in [9.17, 15) is 0 Å². The Morgan fingerprint density at radius 3 is 2.35 bits per heavy atom. The molecule has 5 unspecified atom stereocenters. The Balaban J connectivity index is 1.20. The molecule has 0 spiro atoms. The zero-order valence-electron chi connectivity index (χ0n) is 25.3. The summed E-state index contributed by atoms with van der Waals surface area (Å²) >= 11 is 0. The van der Waals surface area contributed by atoms with Crippen molar-refractivity contribution in [3.8, 4) is 0 Å². The molecule has 2 fully saturated rings. The normalized spacial score (nSPS) is 34.8. The molecule has 0 aromatic carbocycles. The second-order valence-corrected chi connectivity index (χ2v) is 13.3. The number of allylic oxidation sites excluding steroid dienone is 12. The van der Waals surface area contributed by atoms with Crippen LogP contribution < -0.4 is 11.5 Å².